The average molecular weight is 554 g/mol. The van der Waals surface area contributed by atoms with Gasteiger partial charge in [0.2, 0.25) is 0 Å². The van der Waals surface area contributed by atoms with Gasteiger partial charge in [0.05, 0.1) is 15.9 Å². The van der Waals surface area contributed by atoms with Crippen molar-refractivity contribution in [2.75, 3.05) is 24.2 Å². The van der Waals surface area contributed by atoms with Crippen molar-refractivity contribution < 1.29 is 47.3 Å². The second-order valence-corrected chi connectivity index (χ2v) is 12.1. The number of carbonyl (C=O) groups is 1. The summed E-state index contributed by atoms with van der Waals surface area (Å²) in [7, 11) is -2.47. The van der Waals surface area contributed by atoms with Crippen LogP contribution in [0.25, 0.3) is 10.8 Å². The molecular weight excluding hydrogens is 505 g/mol. The van der Waals surface area contributed by atoms with Crippen LogP contribution in [-0.4, -0.2) is 38.1 Å². The van der Waals surface area contributed by atoms with Gasteiger partial charge in [-0.2, -0.15) is 0 Å². The normalized spacial score (nSPS) is 11.4. The summed E-state index contributed by atoms with van der Waals surface area (Å²) in [5.41, 5.74) is 1.59. The van der Waals surface area contributed by atoms with Crippen LogP contribution in [0.5, 0.6) is 0 Å². The largest absolute Gasteiger partial charge is 1.00 e. The van der Waals surface area contributed by atoms with Crippen molar-refractivity contribution in [1.82, 2.24) is 0 Å². The van der Waals surface area contributed by atoms with Crippen LogP contribution in [-0.2, 0) is 10.1 Å². The molecular formula is C31H48NNaO4S. The topological polar surface area (TPSA) is 77.5 Å². The first-order valence-electron chi connectivity index (χ1n) is 14.5. The van der Waals surface area contributed by atoms with Crippen LogP contribution >= 0.6 is 0 Å². The predicted octanol–water partition coefficient (Wildman–Crippen LogP) is 5.27. The standard InChI is InChI=1S/C31H49NO4S.Na/c1-3-4-5-6-7-8-9-10-11-12-13-14-15-16-17-18-31(33)29-20-19-28-26-30(22-21-27(28)25-29)32(2)23-24-37(34,35)36;/h19-22,25-26H,3-18,23-24H2,1-2H3,(H,34,35,36);/q;+1/p-1. The van der Waals surface area contributed by atoms with Gasteiger partial charge in [-0.3, -0.25) is 4.79 Å². The molecule has 0 atom stereocenters. The van der Waals surface area contributed by atoms with Crippen LogP contribution in [0.3, 0.4) is 0 Å². The van der Waals surface area contributed by atoms with E-state index in [0.29, 0.717) is 6.42 Å². The van der Waals surface area contributed by atoms with Crippen molar-refractivity contribution in [1.29, 1.82) is 0 Å². The fraction of sp³-hybridized carbons (Fsp3) is 0.645. The molecule has 0 amide bonds. The van der Waals surface area contributed by atoms with Gasteiger partial charge in [0.1, 0.15) is 0 Å². The van der Waals surface area contributed by atoms with Gasteiger partial charge in [0.15, 0.2) is 5.78 Å². The summed E-state index contributed by atoms with van der Waals surface area (Å²) in [6.45, 7) is 2.41. The molecule has 7 heteroatoms. The number of carbonyl (C=O) groups excluding carboxylic acids is 1. The number of benzene rings is 2. The van der Waals surface area contributed by atoms with Gasteiger partial charge in [-0.15, -0.1) is 0 Å². The number of Topliss-reactive ketones (excluding diaryl/α,β-unsaturated/α-hetero) is 1. The Morgan fingerprint density at radius 3 is 1.74 bits per heavy atom. The van der Waals surface area contributed by atoms with E-state index in [0.717, 1.165) is 34.9 Å². The summed E-state index contributed by atoms with van der Waals surface area (Å²) in [5.74, 6) is -0.229. The Morgan fingerprint density at radius 2 is 1.21 bits per heavy atom. The van der Waals surface area contributed by atoms with Crippen molar-refractivity contribution in [3.05, 3.63) is 42.0 Å². The van der Waals surface area contributed by atoms with Crippen LogP contribution in [0.1, 0.15) is 120 Å². The second kappa shape index (κ2) is 20.0. The average Bonchev–Trinajstić information content (AvgIpc) is 2.88. The molecule has 0 fully saturated rings. The minimum absolute atomic E-state index is 0. The second-order valence-electron chi connectivity index (χ2n) is 10.6. The molecule has 0 aliphatic heterocycles. The third-order valence-electron chi connectivity index (χ3n) is 7.27. The van der Waals surface area contributed by atoms with Crippen molar-refractivity contribution in [3.8, 4) is 0 Å². The van der Waals surface area contributed by atoms with E-state index < -0.39 is 15.9 Å². The van der Waals surface area contributed by atoms with Gasteiger partial charge in [-0.05, 0) is 35.4 Å². The number of rotatable bonds is 21. The number of ketones is 1. The Bertz CT molecular complexity index is 1040. The van der Waals surface area contributed by atoms with E-state index in [-0.39, 0.29) is 41.9 Å². The minimum atomic E-state index is -4.24. The molecule has 0 unspecified atom stereocenters. The van der Waals surface area contributed by atoms with Gasteiger partial charge in [-0.1, -0.05) is 115 Å². The first-order chi connectivity index (χ1) is 17.8. The molecule has 0 aliphatic rings. The summed E-state index contributed by atoms with van der Waals surface area (Å²) in [6, 6.07) is 11.5. The zero-order chi connectivity index (χ0) is 26.9. The monoisotopic (exact) mass is 553 g/mol. The number of hydrogen-bond donors (Lipinski definition) is 0. The van der Waals surface area contributed by atoms with E-state index in [9.17, 15) is 17.8 Å². The molecule has 0 saturated carbocycles. The maximum Gasteiger partial charge on any atom is 1.00 e. The van der Waals surface area contributed by atoms with Crippen LogP contribution in [0.15, 0.2) is 36.4 Å². The molecule has 0 aromatic heterocycles. The Hall–Kier alpha value is -0.920. The molecule has 0 radical (unpaired) electrons. The Labute approximate surface area is 254 Å². The van der Waals surface area contributed by atoms with Crippen molar-refractivity contribution in [2.24, 2.45) is 0 Å². The molecule has 0 N–H and O–H groups in total. The fourth-order valence-corrected chi connectivity index (χ4v) is 5.32. The molecule has 0 heterocycles. The summed E-state index contributed by atoms with van der Waals surface area (Å²) >= 11 is 0. The first kappa shape index (κ1) is 35.1. The molecule has 2 aromatic carbocycles. The quantitative estimate of drug-likeness (QED) is 0.0911. The molecule has 0 spiro atoms. The number of nitrogens with zero attached hydrogens (tertiary/aromatic N) is 1. The zero-order valence-corrected chi connectivity index (χ0v) is 27.0. The Morgan fingerprint density at radius 1 is 0.737 bits per heavy atom. The number of unbranched alkanes of at least 4 members (excludes halogenated alkanes) is 14. The fourth-order valence-electron chi connectivity index (χ4n) is 4.82. The van der Waals surface area contributed by atoms with E-state index in [2.05, 4.69) is 6.92 Å². The minimum Gasteiger partial charge on any atom is -0.748 e. The molecule has 2 aromatic rings. The van der Waals surface area contributed by atoms with E-state index in [4.69, 9.17) is 0 Å². The molecule has 0 aliphatic carbocycles. The van der Waals surface area contributed by atoms with Crippen molar-refractivity contribution >= 4 is 32.4 Å². The van der Waals surface area contributed by atoms with Crippen LogP contribution in [0.2, 0.25) is 0 Å². The molecule has 208 valence electrons. The Kier molecular flexibility index (Phi) is 18.5. The predicted molar refractivity (Wildman–Crippen MR) is 156 cm³/mol. The summed E-state index contributed by atoms with van der Waals surface area (Å²) in [5, 5.41) is 1.97. The molecule has 5 nitrogen and oxygen atoms in total. The smallest absolute Gasteiger partial charge is 0.748 e. The van der Waals surface area contributed by atoms with Gasteiger partial charge in [0.25, 0.3) is 0 Å². The van der Waals surface area contributed by atoms with Crippen LogP contribution in [0, 0.1) is 0 Å². The molecule has 2 rings (SSSR count). The van der Waals surface area contributed by atoms with Gasteiger partial charge in [0, 0.05) is 31.3 Å². The Balaban J connectivity index is 0.00000722. The van der Waals surface area contributed by atoms with E-state index >= 15 is 0 Å². The third kappa shape index (κ3) is 15.0. The number of hydrogen-bond acceptors (Lipinski definition) is 5. The third-order valence-corrected chi connectivity index (χ3v) is 7.95. The number of anilines is 1. The molecule has 0 saturated heterocycles. The van der Waals surface area contributed by atoms with Crippen LogP contribution in [0.4, 0.5) is 5.69 Å². The first-order valence-corrected chi connectivity index (χ1v) is 16.1. The maximum absolute atomic E-state index is 12.7. The van der Waals surface area contributed by atoms with E-state index in [1.807, 2.05) is 36.4 Å². The van der Waals surface area contributed by atoms with Gasteiger partial charge >= 0.3 is 29.6 Å². The van der Waals surface area contributed by atoms with Crippen molar-refractivity contribution in [3.63, 3.8) is 0 Å². The van der Waals surface area contributed by atoms with Crippen LogP contribution < -0.4 is 34.5 Å². The van der Waals surface area contributed by atoms with E-state index in [1.54, 1.807) is 11.9 Å². The van der Waals surface area contributed by atoms with Crippen molar-refractivity contribution in [2.45, 2.75) is 110 Å². The van der Waals surface area contributed by atoms with Gasteiger partial charge in [-0.25, -0.2) is 8.42 Å². The molecule has 0 bridgehead atoms. The number of fused-ring (bicyclic) bond motifs is 1. The molecule has 38 heavy (non-hydrogen) atoms. The SMILES string of the molecule is CCCCCCCCCCCCCCCCCC(=O)c1ccc2cc(N(C)CCS(=O)(=O)[O-])ccc2c1.[Na+]. The maximum atomic E-state index is 12.7. The summed E-state index contributed by atoms with van der Waals surface area (Å²) < 4.78 is 32.7. The van der Waals surface area contributed by atoms with E-state index in [1.165, 1.54) is 83.5 Å². The van der Waals surface area contributed by atoms with Gasteiger partial charge < -0.3 is 9.45 Å². The summed E-state index contributed by atoms with van der Waals surface area (Å²) in [4.78, 5) is 14.4. The summed E-state index contributed by atoms with van der Waals surface area (Å²) in [6.07, 6.45) is 20.3. The zero-order valence-electron chi connectivity index (χ0n) is 24.2.